The first kappa shape index (κ1) is 9.46. The van der Waals surface area contributed by atoms with Crippen molar-refractivity contribution in [2.75, 3.05) is 13.2 Å². The quantitative estimate of drug-likeness (QED) is 0.491. The van der Waals surface area contributed by atoms with E-state index in [0.717, 1.165) is 0 Å². The Morgan fingerprint density at radius 1 is 1.80 bits per heavy atom. The van der Waals surface area contributed by atoms with Crippen LogP contribution in [0, 0.1) is 0 Å². The average Bonchev–Trinajstić information content (AvgIpc) is 1.89. The minimum absolute atomic E-state index is 0.0457. The van der Waals surface area contributed by atoms with E-state index in [9.17, 15) is 4.79 Å². The summed E-state index contributed by atoms with van der Waals surface area (Å²) in [4.78, 5) is 10.7. The molecule has 0 amide bonds. The predicted molar refractivity (Wildman–Crippen MR) is 39.6 cm³/mol. The third kappa shape index (κ3) is 3.48. The van der Waals surface area contributed by atoms with Gasteiger partial charge in [-0.15, -0.1) is 0 Å². The molecule has 0 atom stereocenters. The maximum atomic E-state index is 10.7. The minimum atomic E-state index is -0.519. The van der Waals surface area contributed by atoms with Gasteiger partial charge in [0.1, 0.15) is 5.03 Å². The number of hydrogen-bond acceptors (Lipinski definition) is 3. The lowest BCUT2D eigenvalue weighted by atomic mass is 10.5. The number of hydrogen-bond donors (Lipinski definition) is 1. The fourth-order valence-corrected chi connectivity index (χ4v) is 0.530. The number of halogens is 1. The van der Waals surface area contributed by atoms with E-state index in [1.807, 2.05) is 0 Å². The van der Waals surface area contributed by atoms with Gasteiger partial charge in [0.15, 0.2) is 0 Å². The standard InChI is InChI=1S/C6H10ClNO2/c1-2-10-6(9)5(7)3-4-8/h3H,2,4,8H2,1H3. The lowest BCUT2D eigenvalue weighted by Gasteiger charge is -1.97. The molecule has 0 unspecified atom stereocenters. The Labute approximate surface area is 64.8 Å². The normalized spacial score (nSPS) is 11.3. The number of esters is 1. The molecule has 0 aliphatic heterocycles. The molecule has 0 aromatic rings. The molecule has 0 bridgehead atoms. The Morgan fingerprint density at radius 2 is 2.40 bits per heavy atom. The van der Waals surface area contributed by atoms with E-state index in [0.29, 0.717) is 6.61 Å². The van der Waals surface area contributed by atoms with E-state index in [4.69, 9.17) is 17.3 Å². The second-order valence-electron chi connectivity index (χ2n) is 1.51. The number of carbonyl (C=O) groups is 1. The summed E-state index contributed by atoms with van der Waals surface area (Å²) in [7, 11) is 0. The zero-order chi connectivity index (χ0) is 7.98. The van der Waals surface area contributed by atoms with Gasteiger partial charge < -0.3 is 10.5 Å². The van der Waals surface area contributed by atoms with Crippen LogP contribution in [0.5, 0.6) is 0 Å². The fourth-order valence-electron chi connectivity index (χ4n) is 0.387. The molecular weight excluding hydrogens is 154 g/mol. The summed E-state index contributed by atoms with van der Waals surface area (Å²) >= 11 is 5.42. The van der Waals surface area contributed by atoms with E-state index < -0.39 is 5.97 Å². The lowest BCUT2D eigenvalue weighted by molar-refractivity contribution is -0.137. The third-order valence-corrected chi connectivity index (χ3v) is 1.08. The second-order valence-corrected chi connectivity index (χ2v) is 1.92. The second kappa shape index (κ2) is 5.26. The zero-order valence-corrected chi connectivity index (χ0v) is 6.52. The van der Waals surface area contributed by atoms with Gasteiger partial charge in [0.05, 0.1) is 6.61 Å². The van der Waals surface area contributed by atoms with E-state index in [1.54, 1.807) is 6.92 Å². The molecule has 0 aliphatic carbocycles. The summed E-state index contributed by atoms with van der Waals surface area (Å²) in [6, 6.07) is 0. The van der Waals surface area contributed by atoms with Crippen molar-refractivity contribution in [1.82, 2.24) is 0 Å². The summed E-state index contributed by atoms with van der Waals surface area (Å²) in [6.45, 7) is 2.29. The fraction of sp³-hybridized carbons (Fsp3) is 0.500. The van der Waals surface area contributed by atoms with Crippen molar-refractivity contribution in [3.63, 3.8) is 0 Å². The molecule has 0 aliphatic rings. The largest absolute Gasteiger partial charge is 0.462 e. The number of carbonyl (C=O) groups excluding carboxylic acids is 1. The van der Waals surface area contributed by atoms with Gasteiger partial charge in [0, 0.05) is 6.54 Å². The molecule has 58 valence electrons. The molecule has 0 saturated heterocycles. The van der Waals surface area contributed by atoms with Crippen molar-refractivity contribution in [1.29, 1.82) is 0 Å². The molecule has 0 heterocycles. The zero-order valence-electron chi connectivity index (χ0n) is 5.76. The highest BCUT2D eigenvalue weighted by molar-refractivity contribution is 6.41. The molecule has 3 nitrogen and oxygen atoms in total. The first-order valence-electron chi connectivity index (χ1n) is 2.95. The van der Waals surface area contributed by atoms with Crippen LogP contribution in [0.4, 0.5) is 0 Å². The van der Waals surface area contributed by atoms with Crippen LogP contribution in [-0.4, -0.2) is 19.1 Å². The van der Waals surface area contributed by atoms with Crippen molar-refractivity contribution in [3.05, 3.63) is 11.1 Å². The molecule has 0 aromatic carbocycles. The molecule has 10 heavy (non-hydrogen) atoms. The Kier molecular flexibility index (Phi) is 4.98. The summed E-state index contributed by atoms with van der Waals surface area (Å²) in [5.41, 5.74) is 5.09. The van der Waals surface area contributed by atoms with Gasteiger partial charge in [0.2, 0.25) is 0 Å². The monoisotopic (exact) mass is 163 g/mol. The Bertz CT molecular complexity index is 145. The molecule has 0 radical (unpaired) electrons. The van der Waals surface area contributed by atoms with Crippen LogP contribution in [0.1, 0.15) is 6.92 Å². The van der Waals surface area contributed by atoms with Crippen LogP contribution in [0.2, 0.25) is 0 Å². The molecular formula is C6H10ClNO2. The van der Waals surface area contributed by atoms with E-state index >= 15 is 0 Å². The van der Waals surface area contributed by atoms with Crippen molar-refractivity contribution in [3.8, 4) is 0 Å². The average molecular weight is 164 g/mol. The van der Waals surface area contributed by atoms with Crippen LogP contribution >= 0.6 is 11.6 Å². The maximum Gasteiger partial charge on any atom is 0.349 e. The van der Waals surface area contributed by atoms with Crippen molar-refractivity contribution in [2.24, 2.45) is 5.73 Å². The van der Waals surface area contributed by atoms with Crippen LogP contribution in [0.25, 0.3) is 0 Å². The Balaban J connectivity index is 3.82. The molecule has 4 heteroatoms. The Morgan fingerprint density at radius 3 is 2.80 bits per heavy atom. The van der Waals surface area contributed by atoms with Gasteiger partial charge in [-0.1, -0.05) is 11.6 Å². The molecule has 0 spiro atoms. The van der Waals surface area contributed by atoms with E-state index in [2.05, 4.69) is 4.74 Å². The SMILES string of the molecule is CCOC(=O)C(Cl)=CCN. The number of rotatable bonds is 3. The van der Waals surface area contributed by atoms with Gasteiger partial charge >= 0.3 is 5.97 Å². The number of nitrogens with two attached hydrogens (primary N) is 1. The van der Waals surface area contributed by atoms with Gasteiger partial charge in [-0.05, 0) is 13.0 Å². The van der Waals surface area contributed by atoms with Crippen LogP contribution in [0.3, 0.4) is 0 Å². The van der Waals surface area contributed by atoms with Gasteiger partial charge in [-0.25, -0.2) is 4.79 Å². The molecule has 0 aromatic heterocycles. The van der Waals surface area contributed by atoms with Crippen molar-refractivity contribution >= 4 is 17.6 Å². The molecule has 2 N–H and O–H groups in total. The molecule has 0 saturated carbocycles. The summed E-state index contributed by atoms with van der Waals surface area (Å²) in [5.74, 6) is -0.519. The smallest absolute Gasteiger partial charge is 0.349 e. The summed E-state index contributed by atoms with van der Waals surface area (Å²) in [6.07, 6.45) is 1.40. The molecule has 0 fully saturated rings. The van der Waals surface area contributed by atoms with Gasteiger partial charge in [-0.3, -0.25) is 0 Å². The van der Waals surface area contributed by atoms with Gasteiger partial charge in [0.25, 0.3) is 0 Å². The Hall–Kier alpha value is -0.540. The van der Waals surface area contributed by atoms with Crippen molar-refractivity contribution < 1.29 is 9.53 Å². The lowest BCUT2D eigenvalue weighted by Crippen LogP contribution is -2.05. The number of ether oxygens (including phenoxy) is 1. The van der Waals surface area contributed by atoms with Gasteiger partial charge in [-0.2, -0.15) is 0 Å². The first-order valence-corrected chi connectivity index (χ1v) is 3.33. The maximum absolute atomic E-state index is 10.7. The first-order chi connectivity index (χ1) is 4.72. The summed E-state index contributed by atoms with van der Waals surface area (Å²) < 4.78 is 4.56. The summed E-state index contributed by atoms with van der Waals surface area (Å²) in [5, 5.41) is 0.0457. The topological polar surface area (TPSA) is 52.3 Å². The minimum Gasteiger partial charge on any atom is -0.462 e. The molecule has 0 rings (SSSR count). The van der Waals surface area contributed by atoms with Crippen LogP contribution in [0.15, 0.2) is 11.1 Å². The van der Waals surface area contributed by atoms with Crippen LogP contribution in [-0.2, 0) is 9.53 Å². The van der Waals surface area contributed by atoms with Crippen LogP contribution < -0.4 is 5.73 Å². The van der Waals surface area contributed by atoms with E-state index in [-0.39, 0.29) is 11.6 Å². The van der Waals surface area contributed by atoms with E-state index in [1.165, 1.54) is 6.08 Å². The third-order valence-electron chi connectivity index (χ3n) is 0.767. The highest BCUT2D eigenvalue weighted by Gasteiger charge is 2.04. The highest BCUT2D eigenvalue weighted by Crippen LogP contribution is 2.02. The predicted octanol–water partition coefficient (Wildman–Crippen LogP) is 0.631. The van der Waals surface area contributed by atoms with Crippen molar-refractivity contribution in [2.45, 2.75) is 6.92 Å². The highest BCUT2D eigenvalue weighted by atomic mass is 35.5.